The van der Waals surface area contributed by atoms with E-state index >= 15 is 0 Å². The summed E-state index contributed by atoms with van der Waals surface area (Å²) in [6, 6.07) is 7.31. The zero-order chi connectivity index (χ0) is 16.8. The van der Waals surface area contributed by atoms with Gasteiger partial charge < -0.3 is 5.32 Å². The maximum atomic E-state index is 12.1. The molecule has 22 heavy (non-hydrogen) atoms. The van der Waals surface area contributed by atoms with Crippen LogP contribution in [0.3, 0.4) is 0 Å². The molecular formula is C16H26N2O3S. The number of rotatable bonds is 8. The maximum absolute atomic E-state index is 12.1. The Morgan fingerprint density at radius 2 is 1.91 bits per heavy atom. The Morgan fingerprint density at radius 3 is 2.45 bits per heavy atom. The minimum Gasteiger partial charge on any atom is -0.352 e. The fraction of sp³-hybridized carbons (Fsp3) is 0.562. The van der Waals surface area contributed by atoms with Gasteiger partial charge in [-0.3, -0.25) is 9.10 Å². The van der Waals surface area contributed by atoms with Gasteiger partial charge in [0.2, 0.25) is 15.9 Å². The van der Waals surface area contributed by atoms with Crippen molar-refractivity contribution in [1.29, 1.82) is 0 Å². The van der Waals surface area contributed by atoms with Gasteiger partial charge in [-0.2, -0.15) is 0 Å². The normalized spacial score (nSPS) is 12.7. The van der Waals surface area contributed by atoms with E-state index in [1.165, 1.54) is 4.31 Å². The van der Waals surface area contributed by atoms with Gasteiger partial charge in [-0.1, -0.05) is 38.5 Å². The monoisotopic (exact) mass is 326 g/mol. The van der Waals surface area contributed by atoms with Crippen molar-refractivity contribution in [2.24, 2.45) is 0 Å². The van der Waals surface area contributed by atoms with Crippen LogP contribution in [0, 0.1) is 0 Å². The van der Waals surface area contributed by atoms with Crippen molar-refractivity contribution in [2.45, 2.75) is 46.1 Å². The van der Waals surface area contributed by atoms with E-state index in [-0.39, 0.29) is 18.5 Å². The summed E-state index contributed by atoms with van der Waals surface area (Å²) in [4.78, 5) is 12.1. The van der Waals surface area contributed by atoms with Crippen LogP contribution in [-0.2, 0) is 21.2 Å². The summed E-state index contributed by atoms with van der Waals surface area (Å²) in [5.41, 5.74) is 1.48. The number of amides is 1. The summed E-state index contributed by atoms with van der Waals surface area (Å²) >= 11 is 0. The van der Waals surface area contributed by atoms with Crippen LogP contribution < -0.4 is 9.62 Å². The standard InChI is InChI=1S/C16H26N2O3S/c1-5-9-13(3)17-16(19)12-18(22(4,20)21)15-11-8-7-10-14(15)6-2/h7-8,10-11,13H,5-6,9,12H2,1-4H3,(H,17,19). The average Bonchev–Trinajstić information content (AvgIpc) is 2.43. The molecule has 124 valence electrons. The molecule has 1 rings (SSSR count). The number of hydrogen-bond acceptors (Lipinski definition) is 3. The third kappa shape index (κ3) is 5.33. The molecule has 0 aliphatic heterocycles. The van der Waals surface area contributed by atoms with Crippen LogP contribution in [0.25, 0.3) is 0 Å². The Hall–Kier alpha value is -1.56. The Morgan fingerprint density at radius 1 is 1.27 bits per heavy atom. The molecule has 0 saturated heterocycles. The lowest BCUT2D eigenvalue weighted by Crippen LogP contribution is -2.43. The molecule has 1 aromatic rings. The third-order valence-corrected chi connectivity index (χ3v) is 4.58. The van der Waals surface area contributed by atoms with Crippen LogP contribution in [0.2, 0.25) is 0 Å². The highest BCUT2D eigenvalue weighted by molar-refractivity contribution is 7.92. The molecule has 1 N–H and O–H groups in total. The molecule has 0 radical (unpaired) electrons. The van der Waals surface area contributed by atoms with E-state index in [9.17, 15) is 13.2 Å². The summed E-state index contributed by atoms with van der Waals surface area (Å²) in [6.07, 6.45) is 3.67. The first kappa shape index (κ1) is 18.5. The highest BCUT2D eigenvalue weighted by atomic mass is 32.2. The number of aryl methyl sites for hydroxylation is 1. The van der Waals surface area contributed by atoms with Crippen molar-refractivity contribution >= 4 is 21.6 Å². The fourth-order valence-electron chi connectivity index (χ4n) is 2.39. The number of hydrogen-bond donors (Lipinski definition) is 1. The van der Waals surface area contributed by atoms with Gasteiger partial charge in [-0.15, -0.1) is 0 Å². The predicted molar refractivity (Wildman–Crippen MR) is 90.5 cm³/mol. The van der Waals surface area contributed by atoms with E-state index in [1.54, 1.807) is 12.1 Å². The number of sulfonamides is 1. The molecule has 0 aromatic heterocycles. The van der Waals surface area contributed by atoms with Gasteiger partial charge in [0.25, 0.3) is 0 Å². The van der Waals surface area contributed by atoms with Crippen molar-refractivity contribution in [1.82, 2.24) is 5.32 Å². The first-order chi connectivity index (χ1) is 10.3. The lowest BCUT2D eigenvalue weighted by molar-refractivity contribution is -0.120. The molecule has 0 bridgehead atoms. The molecule has 0 heterocycles. The van der Waals surface area contributed by atoms with Crippen molar-refractivity contribution in [2.75, 3.05) is 17.1 Å². The number of carbonyl (C=O) groups is 1. The maximum Gasteiger partial charge on any atom is 0.240 e. The average molecular weight is 326 g/mol. The van der Waals surface area contributed by atoms with Crippen molar-refractivity contribution < 1.29 is 13.2 Å². The molecule has 0 fully saturated rings. The number of anilines is 1. The van der Waals surface area contributed by atoms with Crippen molar-refractivity contribution in [3.8, 4) is 0 Å². The van der Waals surface area contributed by atoms with Crippen LogP contribution in [0.1, 0.15) is 39.2 Å². The summed E-state index contributed by atoms with van der Waals surface area (Å²) in [6.45, 7) is 5.74. The van der Waals surface area contributed by atoms with Crippen LogP contribution in [0.4, 0.5) is 5.69 Å². The quantitative estimate of drug-likeness (QED) is 0.797. The molecule has 0 aliphatic carbocycles. The SMILES string of the molecule is CCCC(C)NC(=O)CN(c1ccccc1CC)S(C)(=O)=O. The molecule has 5 nitrogen and oxygen atoms in total. The van der Waals surface area contributed by atoms with E-state index in [1.807, 2.05) is 32.9 Å². The zero-order valence-electron chi connectivity index (χ0n) is 13.8. The lowest BCUT2D eigenvalue weighted by atomic mass is 10.1. The van der Waals surface area contributed by atoms with Crippen LogP contribution in [0.5, 0.6) is 0 Å². The first-order valence-electron chi connectivity index (χ1n) is 7.64. The summed E-state index contributed by atoms with van der Waals surface area (Å²) in [5.74, 6) is -0.280. The largest absolute Gasteiger partial charge is 0.352 e. The van der Waals surface area contributed by atoms with Gasteiger partial charge in [0.05, 0.1) is 11.9 Å². The van der Waals surface area contributed by atoms with Crippen LogP contribution >= 0.6 is 0 Å². The lowest BCUT2D eigenvalue weighted by Gasteiger charge is -2.25. The van der Waals surface area contributed by atoms with Gasteiger partial charge in [-0.25, -0.2) is 8.42 Å². The molecule has 0 aliphatic rings. The topological polar surface area (TPSA) is 66.5 Å². The zero-order valence-corrected chi connectivity index (χ0v) is 14.6. The van der Waals surface area contributed by atoms with E-state index < -0.39 is 10.0 Å². The summed E-state index contributed by atoms with van der Waals surface area (Å²) < 4.78 is 25.4. The van der Waals surface area contributed by atoms with Crippen LogP contribution in [0.15, 0.2) is 24.3 Å². The van der Waals surface area contributed by atoms with Crippen molar-refractivity contribution in [3.05, 3.63) is 29.8 Å². The molecule has 1 aromatic carbocycles. The number of carbonyl (C=O) groups excluding carboxylic acids is 1. The number of nitrogens with zero attached hydrogens (tertiary/aromatic N) is 1. The Bertz CT molecular complexity index is 599. The Balaban J connectivity index is 2.99. The van der Waals surface area contributed by atoms with Gasteiger partial charge >= 0.3 is 0 Å². The number of benzene rings is 1. The third-order valence-electron chi connectivity index (χ3n) is 3.46. The minimum atomic E-state index is -3.52. The van der Waals surface area contributed by atoms with E-state index in [0.29, 0.717) is 12.1 Å². The van der Waals surface area contributed by atoms with E-state index in [2.05, 4.69) is 5.32 Å². The van der Waals surface area contributed by atoms with Gasteiger partial charge in [0.1, 0.15) is 6.54 Å². The molecule has 1 amide bonds. The second-order valence-corrected chi connectivity index (χ2v) is 7.42. The van der Waals surface area contributed by atoms with Gasteiger partial charge in [-0.05, 0) is 31.4 Å². The summed E-state index contributed by atoms with van der Waals surface area (Å²) in [5, 5.41) is 2.85. The number of nitrogens with one attached hydrogen (secondary N) is 1. The van der Waals surface area contributed by atoms with E-state index in [4.69, 9.17) is 0 Å². The molecule has 0 spiro atoms. The Kier molecular flexibility index (Phi) is 6.87. The molecular weight excluding hydrogens is 300 g/mol. The molecule has 6 heteroatoms. The highest BCUT2D eigenvalue weighted by Crippen LogP contribution is 2.23. The van der Waals surface area contributed by atoms with E-state index in [0.717, 1.165) is 24.7 Å². The highest BCUT2D eigenvalue weighted by Gasteiger charge is 2.23. The first-order valence-corrected chi connectivity index (χ1v) is 9.49. The van der Waals surface area contributed by atoms with Crippen LogP contribution in [-0.4, -0.2) is 33.2 Å². The summed E-state index contributed by atoms with van der Waals surface area (Å²) in [7, 11) is -3.52. The number of para-hydroxylation sites is 1. The second-order valence-electron chi connectivity index (χ2n) is 5.51. The predicted octanol–water partition coefficient (Wildman–Crippen LogP) is 2.32. The Labute approximate surface area is 133 Å². The van der Waals surface area contributed by atoms with Crippen molar-refractivity contribution in [3.63, 3.8) is 0 Å². The molecule has 1 atom stereocenters. The molecule has 0 saturated carbocycles. The smallest absolute Gasteiger partial charge is 0.240 e. The fourth-order valence-corrected chi connectivity index (χ4v) is 3.28. The van der Waals surface area contributed by atoms with Gasteiger partial charge in [0, 0.05) is 6.04 Å². The minimum absolute atomic E-state index is 0.0420. The van der Waals surface area contributed by atoms with Gasteiger partial charge in [0.15, 0.2) is 0 Å². The second kappa shape index (κ2) is 8.17. The molecule has 1 unspecified atom stereocenters.